The third kappa shape index (κ3) is 2.86. The molecule has 1 fully saturated rings. The molecule has 0 spiro atoms. The van der Waals surface area contributed by atoms with Crippen molar-refractivity contribution in [1.82, 2.24) is 0 Å². The molecule has 94 valence electrons. The highest BCUT2D eigenvalue weighted by molar-refractivity contribution is 8.01. The molecule has 1 aliphatic carbocycles. The van der Waals surface area contributed by atoms with Gasteiger partial charge in [-0.15, -0.1) is 11.8 Å². The average Bonchev–Trinajstić information content (AvgIpc) is 2.99. The summed E-state index contributed by atoms with van der Waals surface area (Å²) < 4.78 is 0.0938. The molecule has 3 atom stereocenters. The minimum absolute atomic E-state index is 0.0938. The fraction of sp³-hybridized carbons (Fsp3) is 0.600. The second kappa shape index (κ2) is 5.45. The highest BCUT2D eigenvalue weighted by Crippen LogP contribution is 2.59. The van der Waals surface area contributed by atoms with E-state index in [-0.39, 0.29) is 10.9 Å². The van der Waals surface area contributed by atoms with E-state index in [1.54, 1.807) is 0 Å². The van der Waals surface area contributed by atoms with Crippen molar-refractivity contribution in [3.8, 4) is 0 Å². The van der Waals surface area contributed by atoms with Gasteiger partial charge in [0.2, 0.25) is 0 Å². The van der Waals surface area contributed by atoms with Crippen LogP contribution in [-0.4, -0.2) is 16.0 Å². The van der Waals surface area contributed by atoms with Gasteiger partial charge in [0.25, 0.3) is 0 Å². The van der Waals surface area contributed by atoms with Crippen LogP contribution in [0.1, 0.15) is 39.5 Å². The van der Waals surface area contributed by atoms with Gasteiger partial charge in [-0.1, -0.05) is 44.9 Å². The van der Waals surface area contributed by atoms with Crippen LogP contribution in [0.15, 0.2) is 35.2 Å². The third-order valence-corrected chi connectivity index (χ3v) is 5.47. The molecule has 1 N–H and O–H groups in total. The van der Waals surface area contributed by atoms with Gasteiger partial charge in [0.15, 0.2) is 0 Å². The Bertz CT molecular complexity index is 351. The van der Waals surface area contributed by atoms with Gasteiger partial charge < -0.3 is 5.11 Å². The summed E-state index contributed by atoms with van der Waals surface area (Å²) in [4.78, 5) is 1.28. The summed E-state index contributed by atoms with van der Waals surface area (Å²) >= 11 is 1.87. The van der Waals surface area contributed by atoms with Crippen LogP contribution in [0, 0.1) is 5.92 Å². The van der Waals surface area contributed by atoms with E-state index in [9.17, 15) is 5.11 Å². The van der Waals surface area contributed by atoms with Crippen LogP contribution in [0.2, 0.25) is 0 Å². The predicted molar refractivity (Wildman–Crippen MR) is 74.3 cm³/mol. The van der Waals surface area contributed by atoms with E-state index in [2.05, 4.69) is 38.1 Å². The molecule has 1 aromatic rings. The maximum atomic E-state index is 10.4. The largest absolute Gasteiger partial charge is 0.392 e. The summed E-state index contributed by atoms with van der Waals surface area (Å²) in [5, 5.41) is 10.4. The Morgan fingerprint density at radius 3 is 2.59 bits per heavy atom. The SMILES string of the molecule is CCCC[C@H](O)[C@@]1(Sc2ccccc2)C[C@@H]1C. The van der Waals surface area contributed by atoms with Gasteiger partial charge in [-0.3, -0.25) is 0 Å². The minimum atomic E-state index is -0.150. The van der Waals surface area contributed by atoms with E-state index in [0.717, 1.165) is 25.7 Å². The first-order valence-electron chi connectivity index (χ1n) is 6.61. The Kier molecular flexibility index (Phi) is 4.16. The second-order valence-corrected chi connectivity index (χ2v) is 6.57. The number of thioether (sulfide) groups is 1. The summed E-state index contributed by atoms with van der Waals surface area (Å²) in [5.74, 6) is 0.638. The summed E-state index contributed by atoms with van der Waals surface area (Å²) in [7, 11) is 0. The molecule has 1 aromatic carbocycles. The van der Waals surface area contributed by atoms with E-state index in [4.69, 9.17) is 0 Å². The van der Waals surface area contributed by atoms with Crippen LogP contribution < -0.4 is 0 Å². The van der Waals surface area contributed by atoms with Crippen LogP contribution >= 0.6 is 11.8 Å². The van der Waals surface area contributed by atoms with Crippen molar-refractivity contribution in [2.75, 3.05) is 0 Å². The lowest BCUT2D eigenvalue weighted by Gasteiger charge is -2.23. The van der Waals surface area contributed by atoms with E-state index >= 15 is 0 Å². The summed E-state index contributed by atoms with van der Waals surface area (Å²) in [6.07, 6.45) is 4.24. The van der Waals surface area contributed by atoms with Gasteiger partial charge in [-0.05, 0) is 30.9 Å². The Morgan fingerprint density at radius 1 is 1.41 bits per heavy atom. The molecular weight excluding hydrogens is 228 g/mol. The molecule has 2 rings (SSSR count). The van der Waals surface area contributed by atoms with Crippen LogP contribution in [0.25, 0.3) is 0 Å². The van der Waals surface area contributed by atoms with E-state index in [1.165, 1.54) is 4.90 Å². The lowest BCUT2D eigenvalue weighted by Crippen LogP contribution is -2.26. The zero-order valence-electron chi connectivity index (χ0n) is 10.7. The molecule has 0 saturated heterocycles. The number of benzene rings is 1. The van der Waals surface area contributed by atoms with Crippen molar-refractivity contribution in [2.45, 2.75) is 55.3 Å². The number of rotatable bonds is 6. The van der Waals surface area contributed by atoms with Gasteiger partial charge >= 0.3 is 0 Å². The fourth-order valence-corrected chi connectivity index (χ4v) is 3.96. The molecule has 0 aromatic heterocycles. The predicted octanol–water partition coefficient (Wildman–Crippen LogP) is 4.11. The van der Waals surface area contributed by atoms with Crippen LogP contribution in [0.3, 0.4) is 0 Å². The summed E-state index contributed by atoms with van der Waals surface area (Å²) in [6, 6.07) is 10.5. The Balaban J connectivity index is 2.01. The molecule has 0 heterocycles. The first-order chi connectivity index (χ1) is 8.19. The highest BCUT2D eigenvalue weighted by Gasteiger charge is 2.56. The maximum Gasteiger partial charge on any atom is 0.0693 e. The molecule has 0 unspecified atom stereocenters. The first kappa shape index (κ1) is 13.0. The lowest BCUT2D eigenvalue weighted by molar-refractivity contribution is 0.146. The molecule has 0 aliphatic heterocycles. The first-order valence-corrected chi connectivity index (χ1v) is 7.43. The van der Waals surface area contributed by atoms with Gasteiger partial charge in [-0.25, -0.2) is 0 Å². The van der Waals surface area contributed by atoms with Crippen LogP contribution in [0.5, 0.6) is 0 Å². The van der Waals surface area contributed by atoms with Gasteiger partial charge in [0, 0.05) is 9.64 Å². The molecule has 1 aliphatic rings. The maximum absolute atomic E-state index is 10.4. The molecule has 0 radical (unpaired) electrons. The highest BCUT2D eigenvalue weighted by atomic mass is 32.2. The number of unbranched alkanes of at least 4 members (excludes halogenated alkanes) is 1. The number of aliphatic hydroxyl groups is 1. The zero-order chi connectivity index (χ0) is 12.3. The van der Waals surface area contributed by atoms with Gasteiger partial charge in [-0.2, -0.15) is 0 Å². The van der Waals surface area contributed by atoms with E-state index in [0.29, 0.717) is 5.92 Å². The monoisotopic (exact) mass is 250 g/mol. The summed E-state index contributed by atoms with van der Waals surface area (Å²) in [6.45, 7) is 4.44. The zero-order valence-corrected chi connectivity index (χ0v) is 11.5. The molecule has 0 amide bonds. The Labute approximate surface area is 109 Å². The Hall–Kier alpha value is -0.470. The van der Waals surface area contributed by atoms with Crippen molar-refractivity contribution in [1.29, 1.82) is 0 Å². The molecule has 17 heavy (non-hydrogen) atoms. The molecule has 1 saturated carbocycles. The van der Waals surface area contributed by atoms with Crippen molar-refractivity contribution in [2.24, 2.45) is 5.92 Å². The van der Waals surface area contributed by atoms with Crippen molar-refractivity contribution in [3.05, 3.63) is 30.3 Å². The van der Waals surface area contributed by atoms with Crippen LogP contribution in [-0.2, 0) is 0 Å². The second-order valence-electron chi connectivity index (χ2n) is 5.13. The molecular formula is C15H22OS. The smallest absolute Gasteiger partial charge is 0.0693 e. The van der Waals surface area contributed by atoms with Crippen molar-refractivity contribution >= 4 is 11.8 Å². The van der Waals surface area contributed by atoms with Gasteiger partial charge in [0.05, 0.1) is 6.10 Å². The molecule has 2 heteroatoms. The van der Waals surface area contributed by atoms with Crippen molar-refractivity contribution < 1.29 is 5.11 Å². The number of hydrogen-bond acceptors (Lipinski definition) is 2. The quantitative estimate of drug-likeness (QED) is 0.820. The fourth-order valence-electron chi connectivity index (χ4n) is 2.44. The van der Waals surface area contributed by atoms with E-state index in [1.807, 2.05) is 17.8 Å². The number of hydrogen-bond donors (Lipinski definition) is 1. The Morgan fingerprint density at radius 2 is 2.06 bits per heavy atom. The molecule has 0 bridgehead atoms. The third-order valence-electron chi connectivity index (χ3n) is 3.75. The van der Waals surface area contributed by atoms with Crippen molar-refractivity contribution in [3.63, 3.8) is 0 Å². The standard InChI is InChI=1S/C15H22OS/c1-3-4-10-14(16)15(11-12(15)2)17-13-8-6-5-7-9-13/h5-9,12,14,16H,3-4,10-11H2,1-2H3/t12-,14-,15+/m0/s1. The normalized spacial score (nSPS) is 29.0. The topological polar surface area (TPSA) is 20.2 Å². The summed E-state index contributed by atoms with van der Waals surface area (Å²) in [5.41, 5.74) is 0. The minimum Gasteiger partial charge on any atom is -0.392 e. The van der Waals surface area contributed by atoms with Crippen LogP contribution in [0.4, 0.5) is 0 Å². The van der Waals surface area contributed by atoms with E-state index < -0.39 is 0 Å². The number of aliphatic hydroxyl groups excluding tert-OH is 1. The molecule has 1 nitrogen and oxygen atoms in total. The van der Waals surface area contributed by atoms with Gasteiger partial charge in [0.1, 0.15) is 0 Å². The lowest BCUT2D eigenvalue weighted by atomic mass is 10.1. The average molecular weight is 250 g/mol.